The van der Waals surface area contributed by atoms with Crippen LogP contribution in [0.4, 0.5) is 0 Å². The van der Waals surface area contributed by atoms with Crippen molar-refractivity contribution in [2.45, 2.75) is 0 Å². The molecule has 0 saturated carbocycles. The Morgan fingerprint density at radius 3 is 3.20 bits per heavy atom. The molecule has 0 fully saturated rings. The van der Waals surface area contributed by atoms with Gasteiger partial charge in [0.15, 0.2) is 0 Å². The van der Waals surface area contributed by atoms with Gasteiger partial charge in [-0.05, 0) is 0 Å². The number of hydrogen-bond acceptors (Lipinski definition) is 3. The van der Waals surface area contributed by atoms with Crippen LogP contribution in [0.5, 0.6) is 0 Å². The number of hydrogen-bond donors (Lipinski definition) is 0. The molecule has 5 heteroatoms. The van der Waals surface area contributed by atoms with Crippen molar-refractivity contribution in [1.29, 1.82) is 0 Å². The molecule has 0 aliphatic carbocycles. The number of aromatic nitrogens is 4. The summed E-state index contributed by atoms with van der Waals surface area (Å²) in [5.41, 5.74) is 1.47. The summed E-state index contributed by atoms with van der Waals surface area (Å²) in [5.74, 6) is 0. The molecule has 0 N–H and O–H groups in total. The van der Waals surface area contributed by atoms with Crippen molar-refractivity contribution in [3.8, 4) is 11.4 Å². The second-order valence-electron chi connectivity index (χ2n) is 1.83. The Kier molecular flexibility index (Phi) is 1.07. The zero-order chi connectivity index (χ0) is 6.97. The molecule has 0 aromatic carbocycles. The molecule has 0 spiro atoms. The number of rotatable bonds is 0. The van der Waals surface area contributed by atoms with Gasteiger partial charge in [0, 0.05) is 11.8 Å². The molecular weight excluding hydrogens is 152 g/mol. The molecule has 2 aliphatic rings. The van der Waals surface area contributed by atoms with E-state index in [1.807, 2.05) is 0 Å². The number of nitrogens with zero attached hydrogens (tertiary/aromatic N) is 4. The summed E-state index contributed by atoms with van der Waals surface area (Å²) in [5, 5.41) is 7.42. The molecule has 4 nitrogen and oxygen atoms in total. The third-order valence-corrected chi connectivity index (χ3v) is 1.35. The second-order valence-corrected chi connectivity index (χ2v) is 2.22. The SMILES string of the molecule is Cln1cnc2cnnc-2c1. The van der Waals surface area contributed by atoms with Crippen LogP contribution in [0.1, 0.15) is 0 Å². The summed E-state index contributed by atoms with van der Waals surface area (Å²) in [7, 11) is 0. The molecule has 0 aromatic heterocycles. The average Bonchev–Trinajstić information content (AvgIpc) is 2.33. The van der Waals surface area contributed by atoms with Crippen LogP contribution >= 0.6 is 11.8 Å². The molecule has 0 radical (unpaired) electrons. The number of halogens is 1. The lowest BCUT2D eigenvalue weighted by Gasteiger charge is -1.94. The van der Waals surface area contributed by atoms with Gasteiger partial charge in [0.25, 0.3) is 0 Å². The maximum atomic E-state index is 5.56. The van der Waals surface area contributed by atoms with Gasteiger partial charge < -0.3 is 0 Å². The summed E-state index contributed by atoms with van der Waals surface area (Å²) in [6.45, 7) is 0. The lowest BCUT2D eigenvalue weighted by atomic mass is 10.4. The highest BCUT2D eigenvalue weighted by atomic mass is 35.5. The minimum Gasteiger partial charge on any atom is -0.248 e. The van der Waals surface area contributed by atoms with Crippen LogP contribution in [0.3, 0.4) is 0 Å². The predicted octanol–water partition coefficient (Wildman–Crippen LogP) is 0.780. The van der Waals surface area contributed by atoms with Crippen LogP contribution in [-0.2, 0) is 0 Å². The zero-order valence-electron chi connectivity index (χ0n) is 4.90. The van der Waals surface area contributed by atoms with Gasteiger partial charge in [-0.3, -0.25) is 0 Å². The lowest BCUT2D eigenvalue weighted by molar-refractivity contribution is 1.06. The predicted molar refractivity (Wildman–Crippen MR) is 35.7 cm³/mol. The Bertz CT molecular complexity index is 318. The molecule has 50 valence electrons. The molecule has 2 aliphatic heterocycles. The van der Waals surface area contributed by atoms with Crippen molar-refractivity contribution in [2.75, 3.05) is 0 Å². The van der Waals surface area contributed by atoms with Crippen LogP contribution in [0.2, 0.25) is 0 Å². The Labute approximate surface area is 61.9 Å². The highest BCUT2D eigenvalue weighted by molar-refractivity contribution is 6.15. The lowest BCUT2D eigenvalue weighted by Crippen LogP contribution is -1.88. The van der Waals surface area contributed by atoms with Crippen LogP contribution in [0, 0.1) is 0 Å². The normalized spacial score (nSPS) is 10.5. The molecule has 0 amide bonds. The molecule has 10 heavy (non-hydrogen) atoms. The average molecular weight is 155 g/mol. The Balaban J connectivity index is 2.75. The first-order valence-corrected chi connectivity index (χ1v) is 3.01. The highest BCUT2D eigenvalue weighted by Crippen LogP contribution is 2.12. The van der Waals surface area contributed by atoms with Crippen molar-refractivity contribution in [1.82, 2.24) is 19.3 Å². The zero-order valence-corrected chi connectivity index (χ0v) is 5.65. The second kappa shape index (κ2) is 1.91. The third-order valence-electron chi connectivity index (χ3n) is 1.16. The highest BCUT2D eigenvalue weighted by Gasteiger charge is 2.04. The van der Waals surface area contributed by atoms with Crippen LogP contribution in [0.25, 0.3) is 11.4 Å². The van der Waals surface area contributed by atoms with E-state index in [1.165, 1.54) is 10.4 Å². The van der Waals surface area contributed by atoms with Gasteiger partial charge in [0.1, 0.15) is 17.7 Å². The maximum absolute atomic E-state index is 5.56. The molecule has 0 bridgehead atoms. The van der Waals surface area contributed by atoms with Gasteiger partial charge in [-0.2, -0.15) is 5.10 Å². The van der Waals surface area contributed by atoms with E-state index in [9.17, 15) is 0 Å². The van der Waals surface area contributed by atoms with Gasteiger partial charge in [0.2, 0.25) is 0 Å². The van der Waals surface area contributed by atoms with Crippen molar-refractivity contribution >= 4 is 11.8 Å². The first kappa shape index (κ1) is 5.61. The van der Waals surface area contributed by atoms with Gasteiger partial charge in [-0.1, -0.05) is 0 Å². The van der Waals surface area contributed by atoms with Crippen LogP contribution in [-0.4, -0.2) is 19.3 Å². The largest absolute Gasteiger partial charge is 0.248 e. The molecule has 0 aromatic rings. The summed E-state index contributed by atoms with van der Waals surface area (Å²) >= 11 is 5.56. The summed E-state index contributed by atoms with van der Waals surface area (Å²) in [6, 6.07) is 0. The Morgan fingerprint density at radius 1 is 1.40 bits per heavy atom. The van der Waals surface area contributed by atoms with E-state index in [0.717, 1.165) is 5.69 Å². The summed E-state index contributed by atoms with van der Waals surface area (Å²) < 4.78 is 1.32. The smallest absolute Gasteiger partial charge is 0.131 e. The standard InChI is InChI=1S/C5H3ClN4/c6-10-2-5-4(7-3-10)1-8-9-5/h1-3H. The quantitative estimate of drug-likeness (QED) is 0.563. The van der Waals surface area contributed by atoms with Gasteiger partial charge >= 0.3 is 0 Å². The van der Waals surface area contributed by atoms with Crippen molar-refractivity contribution in [2.24, 2.45) is 0 Å². The fourth-order valence-electron chi connectivity index (χ4n) is 0.722. The van der Waals surface area contributed by atoms with Crippen LogP contribution < -0.4 is 0 Å². The molecule has 2 rings (SSSR count). The molecule has 0 unspecified atom stereocenters. The minimum atomic E-state index is 0.706. The number of fused-ring (bicyclic) bond motifs is 1. The topological polar surface area (TPSA) is 43.6 Å². The van der Waals surface area contributed by atoms with Crippen molar-refractivity contribution in [3.63, 3.8) is 0 Å². The van der Waals surface area contributed by atoms with E-state index in [0.29, 0.717) is 5.69 Å². The fourth-order valence-corrected chi connectivity index (χ4v) is 0.858. The van der Waals surface area contributed by atoms with E-state index in [-0.39, 0.29) is 0 Å². The Morgan fingerprint density at radius 2 is 2.30 bits per heavy atom. The monoisotopic (exact) mass is 154 g/mol. The van der Waals surface area contributed by atoms with E-state index in [2.05, 4.69) is 15.2 Å². The Hall–Kier alpha value is -1.16. The van der Waals surface area contributed by atoms with E-state index >= 15 is 0 Å². The van der Waals surface area contributed by atoms with Gasteiger partial charge in [-0.15, -0.1) is 5.10 Å². The van der Waals surface area contributed by atoms with Gasteiger partial charge in [0.05, 0.1) is 12.4 Å². The molecule has 0 atom stereocenters. The van der Waals surface area contributed by atoms with E-state index < -0.39 is 0 Å². The van der Waals surface area contributed by atoms with E-state index in [4.69, 9.17) is 11.8 Å². The molecule has 2 heterocycles. The third kappa shape index (κ3) is 0.733. The minimum absolute atomic E-state index is 0.706. The van der Waals surface area contributed by atoms with Crippen molar-refractivity contribution < 1.29 is 0 Å². The van der Waals surface area contributed by atoms with Crippen molar-refractivity contribution in [3.05, 3.63) is 18.7 Å². The van der Waals surface area contributed by atoms with Gasteiger partial charge in [-0.25, -0.2) is 9.07 Å². The van der Waals surface area contributed by atoms with E-state index in [1.54, 1.807) is 12.4 Å². The first-order valence-electron chi connectivity index (χ1n) is 2.68. The fraction of sp³-hybridized carbons (Fsp3) is 0. The summed E-state index contributed by atoms with van der Waals surface area (Å²) in [4.78, 5) is 3.95. The molecule has 0 saturated heterocycles. The van der Waals surface area contributed by atoms with Crippen LogP contribution in [0.15, 0.2) is 18.7 Å². The maximum Gasteiger partial charge on any atom is 0.131 e. The first-order chi connectivity index (χ1) is 4.86. The summed E-state index contributed by atoms with van der Waals surface area (Å²) in [6.07, 6.45) is 4.73. The molecular formula is C5H3ClN4.